The molecule has 8 bridgehead atoms. The number of rotatable bonds is 8. The van der Waals surface area contributed by atoms with Crippen LogP contribution >= 0.6 is 0 Å². The van der Waals surface area contributed by atoms with E-state index in [9.17, 15) is 0 Å². The molecule has 4 nitrogen and oxygen atoms in total. The van der Waals surface area contributed by atoms with Gasteiger partial charge < -0.3 is 18.9 Å². The van der Waals surface area contributed by atoms with Gasteiger partial charge in [0.15, 0.2) is 0 Å². The molecular weight excluding hydrogens is 496 g/mol. The van der Waals surface area contributed by atoms with Gasteiger partial charge in [0.25, 0.3) is 0 Å². The van der Waals surface area contributed by atoms with Crippen LogP contribution in [0.5, 0.6) is 11.5 Å². The first kappa shape index (κ1) is 23.7. The molecule has 0 N–H and O–H groups in total. The zero-order valence-electron chi connectivity index (χ0n) is 23.9. The molecule has 10 aliphatic rings. The second-order valence-electron chi connectivity index (χ2n) is 16.0. The topological polar surface area (TPSA) is 43.5 Å². The van der Waals surface area contributed by atoms with Crippen LogP contribution in [0.3, 0.4) is 0 Å². The Hall–Kier alpha value is -1.78. The Morgan fingerprint density at radius 3 is 1.15 bits per heavy atom. The molecular formula is C36H44O4. The van der Waals surface area contributed by atoms with Crippen LogP contribution in [0.1, 0.15) is 88.2 Å². The van der Waals surface area contributed by atoms with Gasteiger partial charge in [-0.25, -0.2) is 0 Å². The summed E-state index contributed by atoms with van der Waals surface area (Å²) >= 11 is 0. The van der Waals surface area contributed by atoms with Crippen LogP contribution in [0.15, 0.2) is 24.3 Å². The predicted molar refractivity (Wildman–Crippen MR) is 154 cm³/mol. The van der Waals surface area contributed by atoms with Crippen molar-refractivity contribution < 1.29 is 18.9 Å². The molecule has 2 atom stereocenters. The lowest BCUT2D eigenvalue weighted by Gasteiger charge is -2.57. The highest BCUT2D eigenvalue weighted by atomic mass is 16.6. The first-order valence-corrected chi connectivity index (χ1v) is 16.7. The second-order valence-corrected chi connectivity index (χ2v) is 16.0. The van der Waals surface area contributed by atoms with Crippen molar-refractivity contribution in [1.82, 2.24) is 0 Å². The maximum absolute atomic E-state index is 6.71. The molecule has 10 fully saturated rings. The third-order valence-electron chi connectivity index (χ3n) is 12.9. The third-order valence-corrected chi connectivity index (χ3v) is 12.9. The van der Waals surface area contributed by atoms with E-state index in [1.165, 1.54) is 98.9 Å². The molecule has 2 aromatic carbocycles. The van der Waals surface area contributed by atoms with Crippen LogP contribution in [0.4, 0.5) is 0 Å². The molecule has 8 saturated carbocycles. The summed E-state index contributed by atoms with van der Waals surface area (Å²) in [6, 6.07) is 10.1. The van der Waals surface area contributed by atoms with Gasteiger partial charge in [0.2, 0.25) is 0 Å². The van der Waals surface area contributed by atoms with E-state index in [4.69, 9.17) is 18.9 Å². The Morgan fingerprint density at radius 2 is 0.850 bits per heavy atom. The molecule has 40 heavy (non-hydrogen) atoms. The van der Waals surface area contributed by atoms with Crippen molar-refractivity contribution in [2.24, 2.45) is 35.5 Å². The number of epoxide rings is 2. The summed E-state index contributed by atoms with van der Waals surface area (Å²) < 4.78 is 24.6. The summed E-state index contributed by atoms with van der Waals surface area (Å²) in [7, 11) is 0. The lowest BCUT2D eigenvalue weighted by Crippen LogP contribution is -2.48. The highest BCUT2D eigenvalue weighted by Crippen LogP contribution is 2.63. The van der Waals surface area contributed by atoms with Gasteiger partial charge >= 0.3 is 0 Å². The largest absolute Gasteiger partial charge is 0.490 e. The normalized spacial score (nSPS) is 45.3. The molecule has 0 radical (unpaired) electrons. The van der Waals surface area contributed by atoms with Gasteiger partial charge in [-0.3, -0.25) is 0 Å². The van der Waals surface area contributed by atoms with E-state index in [1.807, 2.05) is 0 Å². The fourth-order valence-electron chi connectivity index (χ4n) is 11.9. The summed E-state index contributed by atoms with van der Waals surface area (Å²) in [5.41, 5.74) is 3.71. The van der Waals surface area contributed by atoms with Gasteiger partial charge in [-0.1, -0.05) is 0 Å². The van der Waals surface area contributed by atoms with E-state index >= 15 is 0 Å². The standard InChI is InChI=1S/C36H44O4/c1-21-2-23-3-22(1)12-35(11-21,13-23)27-7-31-32(33(9-27)39-19-29-17-37-29)8-28(10-34(31)40-20-30-18-38-30)36-14-24-4-25(15-36)6-26(5-24)16-36/h7-10,21-26,29-30H,1-6,11-20H2. The maximum atomic E-state index is 6.71. The summed E-state index contributed by atoms with van der Waals surface area (Å²) in [4.78, 5) is 0. The van der Waals surface area contributed by atoms with Crippen LogP contribution in [-0.2, 0) is 20.3 Å². The number of benzene rings is 2. The average Bonchev–Trinajstić information content (AvgIpc) is 3.84. The summed E-state index contributed by atoms with van der Waals surface area (Å²) in [6.07, 6.45) is 17.6. The van der Waals surface area contributed by atoms with E-state index in [-0.39, 0.29) is 12.2 Å². The molecule has 0 spiro atoms. The van der Waals surface area contributed by atoms with Crippen molar-refractivity contribution in [2.75, 3.05) is 26.4 Å². The molecule has 0 aromatic heterocycles. The SMILES string of the molecule is c1c(C23CC4CC(CC(C4)C2)C3)cc2c(OCC3CO3)cc(C34CC5CC(CC(C5)C3)C4)cc2c1OCC1CO1. The number of hydrogen-bond acceptors (Lipinski definition) is 4. The summed E-state index contributed by atoms with van der Waals surface area (Å²) in [5, 5.41) is 2.54. The van der Waals surface area contributed by atoms with Crippen LogP contribution in [-0.4, -0.2) is 38.6 Å². The molecule has 12 rings (SSSR count). The Bertz CT molecular complexity index is 1180. The summed E-state index contributed by atoms with van der Waals surface area (Å²) in [5.74, 6) is 7.70. The number of ether oxygens (including phenoxy) is 4. The summed E-state index contributed by atoms with van der Waals surface area (Å²) in [6.45, 7) is 2.99. The van der Waals surface area contributed by atoms with Crippen molar-refractivity contribution in [3.05, 3.63) is 35.4 Å². The monoisotopic (exact) mass is 540 g/mol. The first-order chi connectivity index (χ1) is 19.6. The fourth-order valence-corrected chi connectivity index (χ4v) is 11.9. The highest BCUT2D eigenvalue weighted by molar-refractivity contribution is 5.95. The quantitative estimate of drug-likeness (QED) is 0.329. The van der Waals surface area contributed by atoms with Crippen molar-refractivity contribution in [3.8, 4) is 11.5 Å². The third kappa shape index (κ3) is 3.84. The Labute approximate surface area is 238 Å². The van der Waals surface area contributed by atoms with Gasteiger partial charge in [-0.2, -0.15) is 0 Å². The van der Waals surface area contributed by atoms with Crippen molar-refractivity contribution in [3.63, 3.8) is 0 Å². The maximum Gasteiger partial charge on any atom is 0.127 e. The Kier molecular flexibility index (Phi) is 4.99. The lowest BCUT2D eigenvalue weighted by molar-refractivity contribution is -0.00550. The van der Waals surface area contributed by atoms with Gasteiger partial charge in [0, 0.05) is 10.8 Å². The minimum absolute atomic E-state index is 0.257. The van der Waals surface area contributed by atoms with Crippen molar-refractivity contribution in [1.29, 1.82) is 0 Å². The molecule has 2 aliphatic heterocycles. The Balaban J connectivity index is 1.13. The van der Waals surface area contributed by atoms with E-state index in [0.717, 1.165) is 60.2 Å². The zero-order chi connectivity index (χ0) is 26.1. The van der Waals surface area contributed by atoms with Crippen molar-refractivity contribution >= 4 is 10.8 Å². The van der Waals surface area contributed by atoms with Crippen LogP contribution < -0.4 is 9.47 Å². The van der Waals surface area contributed by atoms with Gasteiger partial charge in [-0.05, 0) is 159 Å². The second kappa shape index (κ2) is 8.40. The van der Waals surface area contributed by atoms with Gasteiger partial charge in [-0.15, -0.1) is 0 Å². The molecule has 2 unspecified atom stereocenters. The fraction of sp³-hybridized carbons (Fsp3) is 0.722. The number of hydrogen-bond donors (Lipinski definition) is 0. The van der Waals surface area contributed by atoms with E-state index in [2.05, 4.69) is 24.3 Å². The zero-order valence-corrected chi connectivity index (χ0v) is 23.9. The minimum Gasteiger partial charge on any atom is -0.490 e. The minimum atomic E-state index is 0.257. The molecule has 2 aromatic rings. The average molecular weight is 541 g/mol. The first-order valence-electron chi connectivity index (χ1n) is 16.7. The van der Waals surface area contributed by atoms with E-state index in [1.54, 1.807) is 0 Å². The van der Waals surface area contributed by atoms with E-state index in [0.29, 0.717) is 24.0 Å². The molecule has 2 saturated heterocycles. The molecule has 4 heteroatoms. The molecule has 0 amide bonds. The molecule has 2 heterocycles. The van der Waals surface area contributed by atoms with Crippen LogP contribution in [0, 0.1) is 35.5 Å². The smallest absolute Gasteiger partial charge is 0.127 e. The van der Waals surface area contributed by atoms with Crippen molar-refractivity contribution in [2.45, 2.75) is 100 Å². The lowest BCUT2D eigenvalue weighted by atomic mass is 9.47. The van der Waals surface area contributed by atoms with Crippen LogP contribution in [0.25, 0.3) is 10.8 Å². The van der Waals surface area contributed by atoms with Gasteiger partial charge in [0.05, 0.1) is 13.2 Å². The molecule has 8 aliphatic carbocycles. The number of fused-ring (bicyclic) bond motifs is 1. The van der Waals surface area contributed by atoms with Crippen LogP contribution in [0.2, 0.25) is 0 Å². The van der Waals surface area contributed by atoms with Gasteiger partial charge in [0.1, 0.15) is 36.9 Å². The molecule has 212 valence electrons. The highest BCUT2D eigenvalue weighted by Gasteiger charge is 2.53. The van der Waals surface area contributed by atoms with E-state index < -0.39 is 0 Å². The Morgan fingerprint density at radius 1 is 0.525 bits per heavy atom. The predicted octanol–water partition coefficient (Wildman–Crippen LogP) is 7.33.